The predicted octanol–water partition coefficient (Wildman–Crippen LogP) is 4.40. The first-order valence-electron chi connectivity index (χ1n) is 12.8. The summed E-state index contributed by atoms with van der Waals surface area (Å²) in [4.78, 5) is 32.2. The topological polar surface area (TPSA) is 71.5 Å². The molecule has 1 aliphatic heterocycles. The van der Waals surface area contributed by atoms with Crippen molar-refractivity contribution in [2.75, 3.05) is 13.1 Å². The number of ether oxygens (including phenoxy) is 1. The highest BCUT2D eigenvalue weighted by atomic mass is 16.5. The van der Waals surface area contributed by atoms with E-state index in [1.165, 1.54) is 11.1 Å². The van der Waals surface area contributed by atoms with Gasteiger partial charge >= 0.3 is 0 Å². The predicted molar refractivity (Wildman–Crippen MR) is 139 cm³/mol. The fourth-order valence-corrected chi connectivity index (χ4v) is 4.84. The normalized spacial score (nSPS) is 17.7. The first-order chi connectivity index (χ1) is 17.5. The maximum atomic E-state index is 13.2. The van der Waals surface area contributed by atoms with Crippen LogP contribution in [0.1, 0.15) is 53.8 Å². The molecule has 2 aliphatic rings. The number of amides is 2. The van der Waals surface area contributed by atoms with Crippen molar-refractivity contribution in [3.63, 3.8) is 0 Å². The summed E-state index contributed by atoms with van der Waals surface area (Å²) in [7, 11) is 0. The summed E-state index contributed by atoms with van der Waals surface area (Å²) in [5.74, 6) is 0.884. The van der Waals surface area contributed by atoms with Crippen LogP contribution in [0.3, 0.4) is 0 Å². The van der Waals surface area contributed by atoms with E-state index in [0.717, 1.165) is 42.6 Å². The van der Waals surface area contributed by atoms with E-state index in [1.54, 1.807) is 13.1 Å². The van der Waals surface area contributed by atoms with Gasteiger partial charge in [0, 0.05) is 37.3 Å². The number of carbonyl (C=O) groups is 2. The van der Waals surface area contributed by atoms with Gasteiger partial charge in [-0.1, -0.05) is 42.0 Å². The molecule has 1 saturated carbocycles. The SMILES string of the molecule is Cc1ccc([C@@H]2c3cc(O[C@@H](C)C(=O)NCCc4ccccn4)ccc3CCN2C(=O)C2CC2)cc1. The Morgan fingerprint density at radius 3 is 2.64 bits per heavy atom. The first kappa shape index (κ1) is 24.0. The van der Waals surface area contributed by atoms with Crippen molar-refractivity contribution >= 4 is 11.8 Å². The molecule has 2 heterocycles. The second-order valence-electron chi connectivity index (χ2n) is 9.85. The van der Waals surface area contributed by atoms with Gasteiger partial charge in [0.05, 0.1) is 6.04 Å². The summed E-state index contributed by atoms with van der Waals surface area (Å²) in [6, 6.07) is 20.1. The number of nitrogens with one attached hydrogen (secondary N) is 1. The van der Waals surface area contributed by atoms with Crippen molar-refractivity contribution in [3.05, 3.63) is 94.8 Å². The molecular formula is C30H33N3O3. The van der Waals surface area contributed by atoms with Crippen molar-refractivity contribution in [1.29, 1.82) is 0 Å². The average molecular weight is 484 g/mol. The Hall–Kier alpha value is -3.67. The molecule has 0 spiro atoms. The van der Waals surface area contributed by atoms with Gasteiger partial charge in [0.1, 0.15) is 5.75 Å². The highest BCUT2D eigenvalue weighted by Crippen LogP contribution is 2.41. The minimum atomic E-state index is -0.641. The third kappa shape index (κ3) is 5.43. The van der Waals surface area contributed by atoms with Gasteiger partial charge in [-0.05, 0) is 74.1 Å². The first-order valence-corrected chi connectivity index (χ1v) is 12.8. The molecular weight excluding hydrogens is 450 g/mol. The Morgan fingerprint density at radius 2 is 1.92 bits per heavy atom. The molecule has 5 rings (SSSR count). The Balaban J connectivity index is 1.32. The molecule has 1 aliphatic carbocycles. The van der Waals surface area contributed by atoms with Gasteiger partial charge in [-0.2, -0.15) is 0 Å². The van der Waals surface area contributed by atoms with Crippen molar-refractivity contribution in [3.8, 4) is 5.75 Å². The van der Waals surface area contributed by atoms with Crippen LogP contribution in [0.25, 0.3) is 0 Å². The van der Waals surface area contributed by atoms with Crippen LogP contribution in [0, 0.1) is 12.8 Å². The zero-order valence-corrected chi connectivity index (χ0v) is 20.9. The van der Waals surface area contributed by atoms with Gasteiger partial charge in [0.15, 0.2) is 6.10 Å². The number of fused-ring (bicyclic) bond motifs is 1. The van der Waals surface area contributed by atoms with E-state index < -0.39 is 6.10 Å². The maximum absolute atomic E-state index is 13.2. The van der Waals surface area contributed by atoms with Crippen molar-refractivity contribution < 1.29 is 14.3 Å². The molecule has 1 N–H and O–H groups in total. The third-order valence-corrected chi connectivity index (χ3v) is 7.04. The van der Waals surface area contributed by atoms with E-state index >= 15 is 0 Å². The standard InChI is InChI=1S/C30H33N3O3/c1-20-6-8-23(9-7-20)28-27-19-26(13-12-22(27)15-18-33(28)30(35)24-10-11-24)36-21(2)29(34)32-17-14-25-5-3-4-16-31-25/h3-9,12-13,16,19,21,24,28H,10-11,14-15,17-18H2,1-2H3,(H,32,34)/t21-,28+/m0/s1. The van der Waals surface area contributed by atoms with E-state index in [9.17, 15) is 9.59 Å². The van der Waals surface area contributed by atoms with Crippen molar-refractivity contribution in [2.45, 2.75) is 51.7 Å². The number of aromatic nitrogens is 1. The summed E-state index contributed by atoms with van der Waals surface area (Å²) < 4.78 is 6.07. The molecule has 6 heteroatoms. The monoisotopic (exact) mass is 483 g/mol. The fourth-order valence-electron chi connectivity index (χ4n) is 4.84. The van der Waals surface area contributed by atoms with E-state index in [0.29, 0.717) is 18.7 Å². The van der Waals surface area contributed by atoms with E-state index in [2.05, 4.69) is 47.6 Å². The lowest BCUT2D eigenvalue weighted by molar-refractivity contribution is -0.134. The van der Waals surface area contributed by atoms with Crippen LogP contribution < -0.4 is 10.1 Å². The summed E-state index contributed by atoms with van der Waals surface area (Å²) in [5, 5.41) is 2.94. The highest BCUT2D eigenvalue weighted by molar-refractivity contribution is 5.82. The average Bonchev–Trinajstić information content (AvgIpc) is 3.74. The number of rotatable bonds is 8. The molecule has 0 unspecified atom stereocenters. The van der Waals surface area contributed by atoms with E-state index in [4.69, 9.17) is 4.74 Å². The smallest absolute Gasteiger partial charge is 0.260 e. The molecule has 1 aromatic heterocycles. The molecule has 186 valence electrons. The lowest BCUT2D eigenvalue weighted by Crippen LogP contribution is -2.41. The minimum absolute atomic E-state index is 0.145. The van der Waals surface area contributed by atoms with Crippen LogP contribution in [0.4, 0.5) is 0 Å². The number of hydrogen-bond donors (Lipinski definition) is 1. The van der Waals surface area contributed by atoms with Crippen LogP contribution in [0.5, 0.6) is 5.75 Å². The molecule has 3 aromatic rings. The molecule has 1 fully saturated rings. The maximum Gasteiger partial charge on any atom is 0.260 e. The number of aryl methyl sites for hydroxylation is 1. The van der Waals surface area contributed by atoms with Gasteiger partial charge in [-0.3, -0.25) is 14.6 Å². The molecule has 0 radical (unpaired) electrons. The molecule has 36 heavy (non-hydrogen) atoms. The molecule has 0 bridgehead atoms. The summed E-state index contributed by atoms with van der Waals surface area (Å²) in [5.41, 5.74) is 5.54. The third-order valence-electron chi connectivity index (χ3n) is 7.04. The van der Waals surface area contributed by atoms with Gasteiger partial charge in [-0.15, -0.1) is 0 Å². The Kier molecular flexibility index (Phi) is 7.03. The van der Waals surface area contributed by atoms with Gasteiger partial charge < -0.3 is 15.0 Å². The van der Waals surface area contributed by atoms with Gasteiger partial charge in [-0.25, -0.2) is 0 Å². The summed E-state index contributed by atoms with van der Waals surface area (Å²) in [6.07, 6.45) is 4.57. The molecule has 2 atom stereocenters. The number of hydrogen-bond acceptors (Lipinski definition) is 4. The van der Waals surface area contributed by atoms with Crippen LogP contribution in [0.2, 0.25) is 0 Å². The number of pyridine rings is 1. The Labute approximate surface area is 212 Å². The second kappa shape index (κ2) is 10.5. The largest absolute Gasteiger partial charge is 0.481 e. The quantitative estimate of drug-likeness (QED) is 0.516. The lowest BCUT2D eigenvalue weighted by Gasteiger charge is -2.38. The van der Waals surface area contributed by atoms with Crippen LogP contribution in [-0.2, 0) is 22.4 Å². The van der Waals surface area contributed by atoms with E-state index in [-0.39, 0.29) is 23.8 Å². The van der Waals surface area contributed by atoms with E-state index in [1.807, 2.05) is 35.2 Å². The Bertz CT molecular complexity index is 1220. The van der Waals surface area contributed by atoms with Gasteiger partial charge in [0.2, 0.25) is 5.91 Å². The van der Waals surface area contributed by atoms with Crippen LogP contribution in [0.15, 0.2) is 66.9 Å². The zero-order valence-electron chi connectivity index (χ0n) is 20.9. The fraction of sp³-hybridized carbons (Fsp3) is 0.367. The van der Waals surface area contributed by atoms with Crippen LogP contribution in [-0.4, -0.2) is 40.9 Å². The number of benzene rings is 2. The van der Waals surface area contributed by atoms with Crippen molar-refractivity contribution in [1.82, 2.24) is 15.2 Å². The molecule has 0 saturated heterocycles. The van der Waals surface area contributed by atoms with Crippen LogP contribution >= 0.6 is 0 Å². The molecule has 2 amide bonds. The summed E-state index contributed by atoms with van der Waals surface area (Å²) >= 11 is 0. The second-order valence-corrected chi connectivity index (χ2v) is 9.85. The number of nitrogens with zero attached hydrogens (tertiary/aromatic N) is 2. The van der Waals surface area contributed by atoms with Crippen molar-refractivity contribution in [2.24, 2.45) is 5.92 Å². The highest BCUT2D eigenvalue weighted by Gasteiger charge is 2.39. The number of carbonyl (C=O) groups excluding carboxylic acids is 2. The summed E-state index contributed by atoms with van der Waals surface area (Å²) in [6.45, 7) is 5.05. The van der Waals surface area contributed by atoms with Gasteiger partial charge in [0.25, 0.3) is 5.91 Å². The zero-order chi connectivity index (χ0) is 25.1. The minimum Gasteiger partial charge on any atom is -0.481 e. The Morgan fingerprint density at radius 1 is 1.11 bits per heavy atom. The lowest BCUT2D eigenvalue weighted by atomic mass is 9.87. The molecule has 6 nitrogen and oxygen atoms in total. The molecule has 2 aromatic carbocycles.